The van der Waals surface area contributed by atoms with E-state index in [1.165, 1.54) is 38.5 Å². The number of nitrogens with one attached hydrogen (secondary N) is 1. The van der Waals surface area contributed by atoms with Crippen LogP contribution in [-0.4, -0.2) is 60.5 Å². The van der Waals surface area contributed by atoms with Gasteiger partial charge in [-0.15, -0.1) is 0 Å². The van der Waals surface area contributed by atoms with Crippen LogP contribution >= 0.6 is 0 Å². The summed E-state index contributed by atoms with van der Waals surface area (Å²) in [6, 6.07) is 1.23. The maximum atomic E-state index is 12.5. The van der Waals surface area contributed by atoms with Crippen molar-refractivity contribution in [3.8, 4) is 0 Å². The van der Waals surface area contributed by atoms with Crippen LogP contribution in [-0.2, 0) is 4.79 Å². The summed E-state index contributed by atoms with van der Waals surface area (Å²) in [5, 5.41) is 3.45. The van der Waals surface area contributed by atoms with Gasteiger partial charge >= 0.3 is 0 Å². The van der Waals surface area contributed by atoms with Gasteiger partial charge in [0.25, 0.3) is 0 Å². The first-order chi connectivity index (χ1) is 9.79. The molecule has 0 aromatic rings. The van der Waals surface area contributed by atoms with Gasteiger partial charge in [0.2, 0.25) is 5.91 Å². The predicted molar refractivity (Wildman–Crippen MR) is 80.6 cm³/mol. The van der Waals surface area contributed by atoms with Crippen LogP contribution in [0.1, 0.15) is 45.4 Å². The number of piperidine rings is 1. The highest BCUT2D eigenvalue weighted by Crippen LogP contribution is 2.31. The zero-order chi connectivity index (χ0) is 13.9. The van der Waals surface area contributed by atoms with E-state index >= 15 is 0 Å². The van der Waals surface area contributed by atoms with Gasteiger partial charge < -0.3 is 10.2 Å². The zero-order valence-electron chi connectivity index (χ0n) is 12.8. The molecule has 0 aromatic heterocycles. The highest BCUT2D eigenvalue weighted by Gasteiger charge is 2.36. The summed E-state index contributed by atoms with van der Waals surface area (Å²) in [4.78, 5) is 17.1. The largest absolute Gasteiger partial charge is 0.339 e. The minimum atomic E-state index is 0.371. The summed E-state index contributed by atoms with van der Waals surface area (Å²) < 4.78 is 0. The fourth-order valence-corrected chi connectivity index (χ4v) is 4.10. The monoisotopic (exact) mass is 279 g/mol. The standard InChI is InChI=1S/C16H29N3O/c1-2-19(14-5-6-14)16(20)12-18-11-3-4-15(18)13-7-9-17-10-8-13/h13-15,17H,2-12H2,1H3. The third kappa shape index (κ3) is 3.17. The first-order valence-corrected chi connectivity index (χ1v) is 8.54. The Morgan fingerprint density at radius 1 is 1.20 bits per heavy atom. The summed E-state index contributed by atoms with van der Waals surface area (Å²) in [6.45, 7) is 7.11. The van der Waals surface area contributed by atoms with E-state index in [4.69, 9.17) is 0 Å². The van der Waals surface area contributed by atoms with Crippen molar-refractivity contribution >= 4 is 5.91 Å². The van der Waals surface area contributed by atoms with Gasteiger partial charge in [-0.3, -0.25) is 9.69 Å². The van der Waals surface area contributed by atoms with E-state index in [0.29, 0.717) is 24.5 Å². The number of likely N-dealkylation sites (tertiary alicyclic amines) is 1. The molecule has 20 heavy (non-hydrogen) atoms. The summed E-state index contributed by atoms with van der Waals surface area (Å²) in [7, 11) is 0. The fourth-order valence-electron chi connectivity index (χ4n) is 4.10. The summed E-state index contributed by atoms with van der Waals surface area (Å²) in [5.74, 6) is 1.18. The molecule has 0 radical (unpaired) electrons. The summed E-state index contributed by atoms with van der Waals surface area (Å²) in [5.41, 5.74) is 0. The van der Waals surface area contributed by atoms with Crippen molar-refractivity contribution in [3.05, 3.63) is 0 Å². The lowest BCUT2D eigenvalue weighted by molar-refractivity contribution is -0.133. The number of rotatable bonds is 5. The molecule has 114 valence electrons. The lowest BCUT2D eigenvalue weighted by Crippen LogP contribution is -2.46. The van der Waals surface area contributed by atoms with Crippen LogP contribution in [0.4, 0.5) is 0 Å². The Hall–Kier alpha value is -0.610. The molecule has 1 unspecified atom stereocenters. The molecule has 1 saturated carbocycles. The topological polar surface area (TPSA) is 35.6 Å². The quantitative estimate of drug-likeness (QED) is 0.827. The molecule has 1 amide bonds. The molecule has 3 fully saturated rings. The molecule has 0 spiro atoms. The molecule has 2 saturated heterocycles. The van der Waals surface area contributed by atoms with E-state index in [1.807, 2.05) is 0 Å². The zero-order valence-corrected chi connectivity index (χ0v) is 12.8. The van der Waals surface area contributed by atoms with Crippen LogP contribution < -0.4 is 5.32 Å². The first kappa shape index (κ1) is 14.3. The number of hydrogen-bond donors (Lipinski definition) is 1. The smallest absolute Gasteiger partial charge is 0.236 e. The molecule has 0 bridgehead atoms. The van der Waals surface area contributed by atoms with Crippen molar-refractivity contribution in [1.29, 1.82) is 0 Å². The lowest BCUT2D eigenvalue weighted by atomic mass is 9.89. The van der Waals surface area contributed by atoms with E-state index < -0.39 is 0 Å². The van der Waals surface area contributed by atoms with Crippen LogP contribution in [0.3, 0.4) is 0 Å². The van der Waals surface area contributed by atoms with E-state index in [-0.39, 0.29) is 0 Å². The number of carbonyl (C=O) groups is 1. The third-order valence-electron chi connectivity index (χ3n) is 5.33. The fraction of sp³-hybridized carbons (Fsp3) is 0.938. The molecule has 1 aliphatic carbocycles. The maximum absolute atomic E-state index is 12.5. The number of likely N-dealkylation sites (N-methyl/N-ethyl adjacent to an activating group) is 1. The van der Waals surface area contributed by atoms with E-state index in [1.54, 1.807) is 0 Å². The second-order valence-electron chi connectivity index (χ2n) is 6.68. The molecule has 4 heteroatoms. The lowest BCUT2D eigenvalue weighted by Gasteiger charge is -2.35. The van der Waals surface area contributed by atoms with Crippen LogP contribution in [0, 0.1) is 5.92 Å². The molecular formula is C16H29N3O. The van der Waals surface area contributed by atoms with E-state index in [0.717, 1.165) is 32.1 Å². The molecule has 3 aliphatic rings. The molecule has 4 nitrogen and oxygen atoms in total. The number of amides is 1. The second-order valence-corrected chi connectivity index (χ2v) is 6.68. The van der Waals surface area contributed by atoms with Crippen molar-refractivity contribution < 1.29 is 4.79 Å². The van der Waals surface area contributed by atoms with E-state index in [9.17, 15) is 4.79 Å². The van der Waals surface area contributed by atoms with Crippen molar-refractivity contribution in [1.82, 2.24) is 15.1 Å². The second kappa shape index (κ2) is 6.44. The van der Waals surface area contributed by atoms with Gasteiger partial charge in [-0.1, -0.05) is 0 Å². The number of hydrogen-bond acceptors (Lipinski definition) is 3. The van der Waals surface area contributed by atoms with Gasteiger partial charge in [-0.25, -0.2) is 0 Å². The maximum Gasteiger partial charge on any atom is 0.236 e. The summed E-state index contributed by atoms with van der Waals surface area (Å²) in [6.07, 6.45) is 7.59. The Morgan fingerprint density at radius 3 is 2.60 bits per heavy atom. The van der Waals surface area contributed by atoms with Crippen LogP contribution in [0.15, 0.2) is 0 Å². The van der Waals surface area contributed by atoms with Gasteiger partial charge in [0.1, 0.15) is 0 Å². The summed E-state index contributed by atoms with van der Waals surface area (Å²) >= 11 is 0. The van der Waals surface area contributed by atoms with Gasteiger partial charge in [-0.2, -0.15) is 0 Å². The van der Waals surface area contributed by atoms with Crippen molar-refractivity contribution in [2.45, 2.75) is 57.5 Å². The Balaban J connectivity index is 1.56. The van der Waals surface area contributed by atoms with Gasteiger partial charge in [0.15, 0.2) is 0 Å². The Morgan fingerprint density at radius 2 is 1.95 bits per heavy atom. The van der Waals surface area contributed by atoms with Crippen molar-refractivity contribution in [2.24, 2.45) is 5.92 Å². The van der Waals surface area contributed by atoms with Crippen LogP contribution in [0.2, 0.25) is 0 Å². The average Bonchev–Trinajstić information content (AvgIpc) is 3.19. The number of nitrogens with zero attached hydrogens (tertiary/aromatic N) is 2. The minimum absolute atomic E-state index is 0.371. The predicted octanol–water partition coefficient (Wildman–Crippen LogP) is 1.46. The first-order valence-electron chi connectivity index (χ1n) is 8.54. The van der Waals surface area contributed by atoms with Crippen molar-refractivity contribution in [3.63, 3.8) is 0 Å². The Kier molecular flexibility index (Phi) is 4.61. The highest BCUT2D eigenvalue weighted by molar-refractivity contribution is 5.79. The van der Waals surface area contributed by atoms with Crippen LogP contribution in [0.5, 0.6) is 0 Å². The minimum Gasteiger partial charge on any atom is -0.339 e. The number of carbonyl (C=O) groups excluding carboxylic acids is 1. The molecular weight excluding hydrogens is 250 g/mol. The van der Waals surface area contributed by atoms with Crippen LogP contribution in [0.25, 0.3) is 0 Å². The molecule has 0 aromatic carbocycles. The highest BCUT2D eigenvalue weighted by atomic mass is 16.2. The molecule has 1 N–H and O–H groups in total. The molecule has 1 atom stereocenters. The normalized spacial score (nSPS) is 28.8. The Bertz CT molecular complexity index is 337. The van der Waals surface area contributed by atoms with Gasteiger partial charge in [0.05, 0.1) is 6.54 Å². The SMILES string of the molecule is CCN(C(=O)CN1CCCC1C1CCNCC1)C1CC1. The van der Waals surface area contributed by atoms with E-state index in [2.05, 4.69) is 22.0 Å². The van der Waals surface area contributed by atoms with Gasteiger partial charge in [0, 0.05) is 18.6 Å². The Labute approximate surface area is 122 Å². The van der Waals surface area contributed by atoms with Gasteiger partial charge in [-0.05, 0) is 71.0 Å². The van der Waals surface area contributed by atoms with Crippen molar-refractivity contribution in [2.75, 3.05) is 32.7 Å². The average molecular weight is 279 g/mol. The molecule has 2 heterocycles. The third-order valence-corrected chi connectivity index (χ3v) is 5.33. The molecule has 2 aliphatic heterocycles. The molecule has 3 rings (SSSR count).